The molecule has 0 radical (unpaired) electrons. The molecule has 0 aromatic heterocycles. The zero-order valence-corrected chi connectivity index (χ0v) is 14.6. The molecule has 0 saturated heterocycles. The number of nitrogens with zero attached hydrogens (tertiary/aromatic N) is 1. The molecule has 2 rings (SSSR count). The number of benzene rings is 2. The lowest BCUT2D eigenvalue weighted by Gasteiger charge is -2.25. The second kappa shape index (κ2) is 8.23. The van der Waals surface area contributed by atoms with Crippen LogP contribution in [0.25, 0.3) is 0 Å². The first-order valence-electron chi connectivity index (χ1n) is 7.68. The van der Waals surface area contributed by atoms with Crippen molar-refractivity contribution >= 4 is 29.1 Å². The van der Waals surface area contributed by atoms with Crippen molar-refractivity contribution in [3.8, 4) is 0 Å². The minimum Gasteiger partial charge on any atom is -0.350 e. The van der Waals surface area contributed by atoms with Crippen molar-refractivity contribution in [2.45, 2.75) is 13.1 Å². The van der Waals surface area contributed by atoms with Crippen LogP contribution in [0, 0.1) is 0 Å². The highest BCUT2D eigenvalue weighted by molar-refractivity contribution is 6.30. The summed E-state index contributed by atoms with van der Waals surface area (Å²) in [6, 6.07) is 11.1. The molecule has 0 unspecified atom stereocenters. The second-order valence-corrected chi connectivity index (χ2v) is 5.89. The Morgan fingerprint density at radius 1 is 1.12 bits per heavy atom. The van der Waals surface area contributed by atoms with Crippen LogP contribution >= 0.6 is 11.6 Å². The zero-order chi connectivity index (χ0) is 19.3. The maximum atomic E-state index is 13.2. The molecule has 4 nitrogen and oxygen atoms in total. The van der Waals surface area contributed by atoms with Crippen molar-refractivity contribution < 1.29 is 22.8 Å². The third-order valence-electron chi connectivity index (χ3n) is 3.59. The number of carbonyl (C=O) groups is 2. The van der Waals surface area contributed by atoms with E-state index in [1.165, 1.54) is 31.2 Å². The molecule has 0 heterocycles. The summed E-state index contributed by atoms with van der Waals surface area (Å²) in [5, 5.41) is 2.96. The first kappa shape index (κ1) is 19.8. The highest BCUT2D eigenvalue weighted by atomic mass is 35.5. The Kier molecular flexibility index (Phi) is 6.26. The maximum absolute atomic E-state index is 13.2. The van der Waals surface area contributed by atoms with Gasteiger partial charge in [-0.05, 0) is 30.3 Å². The van der Waals surface area contributed by atoms with Gasteiger partial charge in [-0.2, -0.15) is 13.2 Å². The molecule has 0 fully saturated rings. The largest absolute Gasteiger partial charge is 0.418 e. The van der Waals surface area contributed by atoms with E-state index in [-0.39, 0.29) is 18.8 Å². The van der Waals surface area contributed by atoms with Gasteiger partial charge in [-0.25, -0.2) is 0 Å². The van der Waals surface area contributed by atoms with Crippen LogP contribution in [0.4, 0.5) is 18.9 Å². The Morgan fingerprint density at radius 3 is 2.42 bits per heavy atom. The van der Waals surface area contributed by atoms with Crippen LogP contribution in [0.3, 0.4) is 0 Å². The SMILES string of the molecule is CC(=O)N(CCNC(=O)c1cccc(Cl)c1)c1ccccc1C(F)(F)F. The van der Waals surface area contributed by atoms with E-state index in [1.54, 1.807) is 18.2 Å². The fourth-order valence-electron chi connectivity index (χ4n) is 2.41. The summed E-state index contributed by atoms with van der Waals surface area (Å²) in [6.45, 7) is 1.05. The first-order chi connectivity index (χ1) is 12.2. The lowest BCUT2D eigenvalue weighted by Crippen LogP contribution is -2.38. The summed E-state index contributed by atoms with van der Waals surface area (Å²) >= 11 is 5.82. The summed E-state index contributed by atoms with van der Waals surface area (Å²) in [7, 11) is 0. The van der Waals surface area contributed by atoms with Gasteiger partial charge in [-0.1, -0.05) is 29.8 Å². The molecule has 2 aromatic carbocycles. The number of alkyl halides is 3. The quantitative estimate of drug-likeness (QED) is 0.842. The Bertz CT molecular complexity index is 809. The van der Waals surface area contributed by atoms with E-state index in [2.05, 4.69) is 5.32 Å². The number of halogens is 4. The van der Waals surface area contributed by atoms with Gasteiger partial charge < -0.3 is 10.2 Å². The van der Waals surface area contributed by atoms with Crippen molar-refractivity contribution in [2.24, 2.45) is 0 Å². The second-order valence-electron chi connectivity index (χ2n) is 5.45. The van der Waals surface area contributed by atoms with Gasteiger partial charge in [0.05, 0.1) is 11.3 Å². The highest BCUT2D eigenvalue weighted by Gasteiger charge is 2.35. The smallest absolute Gasteiger partial charge is 0.350 e. The summed E-state index contributed by atoms with van der Waals surface area (Å²) in [4.78, 5) is 24.9. The molecule has 8 heteroatoms. The molecule has 0 aliphatic carbocycles. The molecule has 0 atom stereocenters. The van der Waals surface area contributed by atoms with E-state index in [0.29, 0.717) is 10.6 Å². The van der Waals surface area contributed by atoms with Crippen molar-refractivity contribution in [3.05, 3.63) is 64.7 Å². The number of hydrogen-bond acceptors (Lipinski definition) is 2. The third kappa shape index (κ3) is 4.98. The normalized spacial score (nSPS) is 11.1. The van der Waals surface area contributed by atoms with E-state index in [4.69, 9.17) is 11.6 Å². The number of nitrogens with one attached hydrogen (secondary N) is 1. The molecule has 1 N–H and O–H groups in total. The molecule has 0 aliphatic heterocycles. The number of para-hydroxylation sites is 1. The van der Waals surface area contributed by atoms with Gasteiger partial charge in [-0.3, -0.25) is 9.59 Å². The number of anilines is 1. The number of hydrogen-bond donors (Lipinski definition) is 1. The Balaban J connectivity index is 2.11. The van der Waals surface area contributed by atoms with Crippen molar-refractivity contribution in [2.75, 3.05) is 18.0 Å². The average molecular weight is 385 g/mol. The van der Waals surface area contributed by atoms with Crippen molar-refractivity contribution in [1.82, 2.24) is 5.32 Å². The molecule has 0 aliphatic rings. The Labute approximate surface area is 153 Å². The van der Waals surface area contributed by atoms with Crippen molar-refractivity contribution in [1.29, 1.82) is 0 Å². The summed E-state index contributed by atoms with van der Waals surface area (Å²) in [5.41, 5.74) is -0.830. The Morgan fingerprint density at radius 2 is 1.81 bits per heavy atom. The topological polar surface area (TPSA) is 49.4 Å². The summed E-state index contributed by atoms with van der Waals surface area (Å²) in [6.07, 6.45) is -4.59. The minimum absolute atomic E-state index is 0.0167. The molecule has 0 saturated carbocycles. The van der Waals surface area contributed by atoms with Crippen LogP contribution < -0.4 is 10.2 Å². The zero-order valence-electron chi connectivity index (χ0n) is 13.8. The molecule has 0 bridgehead atoms. The molecule has 26 heavy (non-hydrogen) atoms. The van der Waals surface area contributed by atoms with Crippen LogP contribution in [-0.4, -0.2) is 24.9 Å². The number of carbonyl (C=O) groups excluding carboxylic acids is 2. The van der Waals surface area contributed by atoms with Crippen molar-refractivity contribution in [3.63, 3.8) is 0 Å². The van der Waals surface area contributed by atoms with Gasteiger partial charge in [0.2, 0.25) is 5.91 Å². The molecule has 138 valence electrons. The van der Waals surface area contributed by atoms with Gasteiger partial charge in [0.25, 0.3) is 5.91 Å². The first-order valence-corrected chi connectivity index (χ1v) is 8.06. The monoisotopic (exact) mass is 384 g/mol. The molecule has 2 amide bonds. The number of rotatable bonds is 5. The van der Waals surface area contributed by atoms with Gasteiger partial charge in [0.1, 0.15) is 0 Å². The minimum atomic E-state index is -4.59. The molecular weight excluding hydrogens is 369 g/mol. The highest BCUT2D eigenvalue weighted by Crippen LogP contribution is 2.36. The van der Waals surface area contributed by atoms with E-state index in [9.17, 15) is 22.8 Å². The van der Waals surface area contributed by atoms with E-state index in [1.807, 2.05) is 0 Å². The predicted molar refractivity (Wildman–Crippen MR) is 93.3 cm³/mol. The van der Waals surface area contributed by atoms with Crippen LogP contribution in [0.5, 0.6) is 0 Å². The van der Waals surface area contributed by atoms with Gasteiger partial charge in [-0.15, -0.1) is 0 Å². The van der Waals surface area contributed by atoms with Crippen LogP contribution in [0.15, 0.2) is 48.5 Å². The molecule has 0 spiro atoms. The fourth-order valence-corrected chi connectivity index (χ4v) is 2.60. The van der Waals surface area contributed by atoms with Crippen LogP contribution in [0.1, 0.15) is 22.8 Å². The van der Waals surface area contributed by atoms with E-state index < -0.39 is 23.6 Å². The molecular formula is C18H16ClF3N2O2. The lowest BCUT2D eigenvalue weighted by molar-refractivity contribution is -0.137. The summed E-state index contributed by atoms with van der Waals surface area (Å²) < 4.78 is 39.5. The van der Waals surface area contributed by atoms with Gasteiger partial charge in [0, 0.05) is 30.6 Å². The van der Waals surface area contributed by atoms with E-state index >= 15 is 0 Å². The average Bonchev–Trinajstić information content (AvgIpc) is 2.57. The standard InChI is InChI=1S/C18H16ClF3N2O2/c1-12(25)24(16-8-3-2-7-15(16)18(20,21)22)10-9-23-17(26)13-5-4-6-14(19)11-13/h2-8,11H,9-10H2,1H3,(H,23,26). The van der Waals surface area contributed by atoms with Crippen LogP contribution in [-0.2, 0) is 11.0 Å². The van der Waals surface area contributed by atoms with Gasteiger partial charge >= 0.3 is 6.18 Å². The summed E-state index contributed by atoms with van der Waals surface area (Å²) in [5.74, 6) is -0.987. The Hall–Kier alpha value is -2.54. The van der Waals surface area contributed by atoms with Crippen LogP contribution in [0.2, 0.25) is 5.02 Å². The fraction of sp³-hybridized carbons (Fsp3) is 0.222. The molecule has 2 aromatic rings. The lowest BCUT2D eigenvalue weighted by atomic mass is 10.1. The number of amides is 2. The maximum Gasteiger partial charge on any atom is 0.418 e. The van der Waals surface area contributed by atoms with E-state index in [0.717, 1.165) is 11.0 Å². The van der Waals surface area contributed by atoms with Gasteiger partial charge in [0.15, 0.2) is 0 Å². The third-order valence-corrected chi connectivity index (χ3v) is 3.82. The predicted octanol–water partition coefficient (Wildman–Crippen LogP) is 4.14.